The van der Waals surface area contributed by atoms with E-state index in [-0.39, 0.29) is 12.1 Å². The zero-order valence-corrected chi connectivity index (χ0v) is 14.4. The molecule has 0 saturated heterocycles. The summed E-state index contributed by atoms with van der Waals surface area (Å²) in [4.78, 5) is 0. The van der Waals surface area contributed by atoms with Crippen LogP contribution >= 0.6 is 0 Å². The van der Waals surface area contributed by atoms with Crippen molar-refractivity contribution in [2.45, 2.75) is 76.5 Å². The first kappa shape index (κ1) is 15.8. The van der Waals surface area contributed by atoms with Crippen LogP contribution in [0.1, 0.15) is 65.7 Å². The van der Waals surface area contributed by atoms with Gasteiger partial charge in [0.2, 0.25) is 10.0 Å². The van der Waals surface area contributed by atoms with Crippen molar-refractivity contribution < 1.29 is 8.42 Å². The van der Waals surface area contributed by atoms with Gasteiger partial charge in [-0.15, -0.1) is 0 Å². The zero-order chi connectivity index (χ0) is 15.5. The Hall–Kier alpha value is -0.130. The van der Waals surface area contributed by atoms with Gasteiger partial charge in [-0.1, -0.05) is 20.8 Å². The van der Waals surface area contributed by atoms with E-state index in [0.717, 1.165) is 19.3 Å². The molecule has 4 bridgehead atoms. The average molecular weight is 314 g/mol. The molecule has 4 saturated carbocycles. The van der Waals surface area contributed by atoms with Crippen molar-refractivity contribution >= 4 is 10.0 Å². The highest BCUT2D eigenvalue weighted by Gasteiger charge is 2.61. The molecule has 0 aromatic rings. The molecule has 122 valence electrons. The van der Waals surface area contributed by atoms with Gasteiger partial charge in [-0.3, -0.25) is 0 Å². The first-order chi connectivity index (χ1) is 9.63. The Bertz CT molecular complexity index is 508. The summed E-state index contributed by atoms with van der Waals surface area (Å²) < 4.78 is 28.5. The third-order valence-corrected chi connectivity index (χ3v) is 8.26. The quantitative estimate of drug-likeness (QED) is 0.818. The van der Waals surface area contributed by atoms with E-state index < -0.39 is 15.3 Å². The standard InChI is InChI=1S/C16H30N2O2S/c1-4-13(8-17)21(19,20)18-16-7-12-5-14(2,10-16)9-15(3,6-12)11-16/h12-13,18H,4-11,17H2,1-3H3. The molecule has 0 amide bonds. The van der Waals surface area contributed by atoms with Crippen LogP contribution in [0, 0.1) is 16.7 Å². The van der Waals surface area contributed by atoms with E-state index in [2.05, 4.69) is 18.6 Å². The minimum Gasteiger partial charge on any atom is -0.329 e. The van der Waals surface area contributed by atoms with Crippen molar-refractivity contribution in [3.05, 3.63) is 0 Å². The van der Waals surface area contributed by atoms with Crippen molar-refractivity contribution in [2.75, 3.05) is 6.54 Å². The maximum atomic E-state index is 12.7. The molecule has 4 rings (SSSR count). The van der Waals surface area contributed by atoms with Crippen molar-refractivity contribution in [2.24, 2.45) is 22.5 Å². The molecule has 4 nitrogen and oxygen atoms in total. The fourth-order valence-electron chi connectivity index (χ4n) is 6.46. The van der Waals surface area contributed by atoms with Crippen LogP contribution in [-0.4, -0.2) is 25.8 Å². The molecular weight excluding hydrogens is 284 g/mol. The first-order valence-corrected chi connectivity index (χ1v) is 9.91. The Balaban J connectivity index is 1.88. The Kier molecular flexibility index (Phi) is 3.51. The van der Waals surface area contributed by atoms with Gasteiger partial charge in [-0.25, -0.2) is 13.1 Å². The molecule has 0 radical (unpaired) electrons. The van der Waals surface area contributed by atoms with Crippen molar-refractivity contribution in [1.29, 1.82) is 0 Å². The van der Waals surface area contributed by atoms with Gasteiger partial charge in [-0.2, -0.15) is 0 Å². The highest BCUT2D eigenvalue weighted by Crippen LogP contribution is 2.66. The number of rotatable bonds is 5. The summed E-state index contributed by atoms with van der Waals surface area (Å²) >= 11 is 0. The number of nitrogens with two attached hydrogens (primary N) is 1. The predicted octanol–water partition coefficient (Wildman–Crippen LogP) is 2.39. The van der Waals surface area contributed by atoms with Crippen LogP contribution in [0.4, 0.5) is 0 Å². The Morgan fingerprint density at radius 2 is 1.71 bits per heavy atom. The second-order valence-corrected chi connectivity index (χ2v) is 10.8. The topological polar surface area (TPSA) is 72.2 Å². The van der Waals surface area contributed by atoms with Crippen LogP contribution < -0.4 is 10.5 Å². The normalized spacial score (nSPS) is 46.8. The van der Waals surface area contributed by atoms with Crippen LogP contribution in [0.3, 0.4) is 0 Å². The minimum absolute atomic E-state index is 0.204. The van der Waals surface area contributed by atoms with Crippen molar-refractivity contribution in [3.8, 4) is 0 Å². The van der Waals surface area contributed by atoms with E-state index in [4.69, 9.17) is 5.73 Å². The van der Waals surface area contributed by atoms with Crippen LogP contribution in [0.2, 0.25) is 0 Å². The van der Waals surface area contributed by atoms with E-state index in [9.17, 15) is 8.42 Å². The SMILES string of the molecule is CCC(CN)S(=O)(=O)NC12CC3CC(C)(CC(C)(C3)C1)C2. The number of hydrogen-bond acceptors (Lipinski definition) is 3. The van der Waals surface area contributed by atoms with Gasteiger partial charge in [0.05, 0.1) is 5.25 Å². The Morgan fingerprint density at radius 3 is 2.14 bits per heavy atom. The maximum absolute atomic E-state index is 12.7. The molecule has 3 unspecified atom stereocenters. The van der Waals surface area contributed by atoms with E-state index in [0.29, 0.717) is 23.2 Å². The molecular formula is C16H30N2O2S. The summed E-state index contributed by atoms with van der Waals surface area (Å²) in [6, 6.07) is 0. The second-order valence-electron chi connectivity index (χ2n) is 8.82. The Labute approximate surface area is 129 Å². The fraction of sp³-hybridized carbons (Fsp3) is 1.00. The molecule has 4 aliphatic carbocycles. The predicted molar refractivity (Wildman–Crippen MR) is 85.3 cm³/mol. The lowest BCUT2D eigenvalue weighted by atomic mass is 9.43. The molecule has 0 aromatic carbocycles. The van der Waals surface area contributed by atoms with Crippen LogP contribution in [0.5, 0.6) is 0 Å². The van der Waals surface area contributed by atoms with Gasteiger partial charge in [0.15, 0.2) is 0 Å². The zero-order valence-electron chi connectivity index (χ0n) is 13.6. The third kappa shape index (κ3) is 2.66. The molecule has 0 aromatic heterocycles. The number of sulfonamides is 1. The fourth-order valence-corrected chi connectivity index (χ4v) is 8.15. The van der Waals surface area contributed by atoms with E-state index >= 15 is 0 Å². The second kappa shape index (κ2) is 4.68. The third-order valence-electron chi connectivity index (χ3n) is 6.14. The van der Waals surface area contributed by atoms with Gasteiger partial charge in [0.1, 0.15) is 0 Å². The lowest BCUT2D eigenvalue weighted by Gasteiger charge is -2.65. The smallest absolute Gasteiger partial charge is 0.216 e. The first-order valence-electron chi connectivity index (χ1n) is 8.36. The minimum atomic E-state index is -3.31. The van der Waals surface area contributed by atoms with Gasteiger partial charge >= 0.3 is 0 Å². The lowest BCUT2D eigenvalue weighted by Crippen LogP contribution is -2.66. The molecule has 0 aliphatic heterocycles. The van der Waals surface area contributed by atoms with Gasteiger partial charge in [-0.05, 0) is 61.7 Å². The van der Waals surface area contributed by atoms with Gasteiger partial charge in [0.25, 0.3) is 0 Å². The highest BCUT2D eigenvalue weighted by atomic mass is 32.2. The van der Waals surface area contributed by atoms with Gasteiger partial charge < -0.3 is 5.73 Å². The molecule has 0 heterocycles. The van der Waals surface area contributed by atoms with Crippen molar-refractivity contribution in [1.82, 2.24) is 4.72 Å². The molecule has 3 N–H and O–H groups in total. The van der Waals surface area contributed by atoms with E-state index in [1.807, 2.05) is 6.92 Å². The molecule has 3 atom stereocenters. The molecule has 4 aliphatic rings. The lowest BCUT2D eigenvalue weighted by molar-refractivity contribution is -0.110. The number of nitrogens with one attached hydrogen (secondary N) is 1. The van der Waals surface area contributed by atoms with Crippen LogP contribution in [0.25, 0.3) is 0 Å². The van der Waals surface area contributed by atoms with E-state index in [1.165, 1.54) is 19.3 Å². The molecule has 21 heavy (non-hydrogen) atoms. The highest BCUT2D eigenvalue weighted by molar-refractivity contribution is 7.90. The summed E-state index contributed by atoms with van der Waals surface area (Å²) in [5, 5.41) is -0.453. The van der Waals surface area contributed by atoms with Crippen molar-refractivity contribution in [3.63, 3.8) is 0 Å². The average Bonchev–Trinajstić information content (AvgIpc) is 2.22. The van der Waals surface area contributed by atoms with Crippen LogP contribution in [0.15, 0.2) is 0 Å². The summed E-state index contributed by atoms with van der Waals surface area (Å²) in [5.74, 6) is 0.692. The number of hydrogen-bond donors (Lipinski definition) is 2. The van der Waals surface area contributed by atoms with Crippen LogP contribution in [-0.2, 0) is 10.0 Å². The molecule has 4 fully saturated rings. The van der Waals surface area contributed by atoms with Gasteiger partial charge in [0, 0.05) is 12.1 Å². The molecule has 5 heteroatoms. The largest absolute Gasteiger partial charge is 0.329 e. The summed E-state index contributed by atoms with van der Waals surface area (Å²) in [5.41, 5.74) is 6.11. The summed E-state index contributed by atoms with van der Waals surface area (Å²) in [7, 11) is -3.31. The summed E-state index contributed by atoms with van der Waals surface area (Å²) in [6.45, 7) is 6.83. The Morgan fingerprint density at radius 1 is 1.14 bits per heavy atom. The summed E-state index contributed by atoms with van der Waals surface area (Å²) in [6.07, 6.45) is 7.44. The monoisotopic (exact) mass is 314 g/mol. The maximum Gasteiger partial charge on any atom is 0.216 e. The molecule has 0 spiro atoms. The van der Waals surface area contributed by atoms with E-state index in [1.54, 1.807) is 0 Å².